The van der Waals surface area contributed by atoms with Crippen molar-refractivity contribution in [3.8, 4) is 0 Å². The third-order valence-corrected chi connectivity index (χ3v) is 3.48. The molecular weight excluding hydrogens is 234 g/mol. The lowest BCUT2D eigenvalue weighted by Crippen LogP contribution is -2.42. The lowest BCUT2D eigenvalue weighted by atomic mass is 10.2. The monoisotopic (exact) mass is 261 g/mol. The number of rotatable bonds is 9. The van der Waals surface area contributed by atoms with E-state index in [0.717, 1.165) is 25.1 Å². The fourth-order valence-corrected chi connectivity index (χ4v) is 1.79. The van der Waals surface area contributed by atoms with Gasteiger partial charge in [-0.2, -0.15) is 11.8 Å². The molecule has 0 heterocycles. The Kier molecular flexibility index (Phi) is 9.59. The van der Waals surface area contributed by atoms with Gasteiger partial charge in [-0.05, 0) is 52.3 Å². The molecule has 0 aliphatic heterocycles. The fourth-order valence-electron chi connectivity index (χ4n) is 1.31. The highest BCUT2D eigenvalue weighted by Crippen LogP contribution is 1.99. The summed E-state index contributed by atoms with van der Waals surface area (Å²) in [5.41, 5.74) is 5.76. The lowest BCUT2D eigenvalue weighted by Gasteiger charge is -2.21. The van der Waals surface area contributed by atoms with Gasteiger partial charge in [0.05, 0.1) is 6.04 Å². The second-order valence-electron chi connectivity index (χ2n) is 4.61. The van der Waals surface area contributed by atoms with E-state index in [9.17, 15) is 4.79 Å². The molecule has 0 radical (unpaired) electrons. The number of amides is 1. The van der Waals surface area contributed by atoms with Gasteiger partial charge in [0.1, 0.15) is 0 Å². The molecule has 0 saturated carbocycles. The van der Waals surface area contributed by atoms with Crippen LogP contribution >= 0.6 is 11.8 Å². The Balaban J connectivity index is 3.57. The number of nitrogens with two attached hydrogens (primary N) is 1. The third kappa shape index (κ3) is 8.46. The number of carbonyl (C=O) groups is 1. The zero-order valence-electron chi connectivity index (χ0n) is 11.5. The van der Waals surface area contributed by atoms with Gasteiger partial charge in [-0.3, -0.25) is 4.79 Å². The Bertz CT molecular complexity index is 212. The zero-order valence-corrected chi connectivity index (χ0v) is 12.3. The first kappa shape index (κ1) is 16.7. The van der Waals surface area contributed by atoms with Crippen LogP contribution in [0.1, 0.15) is 26.7 Å². The van der Waals surface area contributed by atoms with Crippen molar-refractivity contribution in [2.75, 3.05) is 32.1 Å². The van der Waals surface area contributed by atoms with Crippen LogP contribution in [0.2, 0.25) is 0 Å². The van der Waals surface area contributed by atoms with Crippen LogP contribution in [-0.2, 0) is 4.79 Å². The molecule has 4 nitrogen and oxygen atoms in total. The predicted octanol–water partition coefficient (Wildman–Crippen LogP) is 0.913. The van der Waals surface area contributed by atoms with Crippen LogP contribution in [-0.4, -0.2) is 55.0 Å². The Morgan fingerprint density at radius 1 is 1.47 bits per heavy atom. The van der Waals surface area contributed by atoms with E-state index in [4.69, 9.17) is 5.73 Å². The van der Waals surface area contributed by atoms with Crippen LogP contribution in [0.5, 0.6) is 0 Å². The minimum atomic E-state index is -0.356. The average molecular weight is 261 g/mol. The first-order valence-corrected chi connectivity index (χ1v) is 7.61. The smallest absolute Gasteiger partial charge is 0.236 e. The SMILES string of the molecule is CSCC[C@H](N)C(=O)NCCCN(C)C(C)C. The van der Waals surface area contributed by atoms with Gasteiger partial charge in [-0.1, -0.05) is 0 Å². The summed E-state index contributed by atoms with van der Waals surface area (Å²) in [7, 11) is 2.09. The standard InChI is InChI=1S/C12H27N3OS/c1-10(2)15(3)8-5-7-14-12(16)11(13)6-9-17-4/h10-11H,5-9,13H2,1-4H3,(H,14,16)/t11-/m0/s1. The molecule has 5 heteroatoms. The van der Waals surface area contributed by atoms with E-state index in [1.165, 1.54) is 0 Å². The number of carbonyl (C=O) groups excluding carboxylic acids is 1. The van der Waals surface area contributed by atoms with Crippen molar-refractivity contribution in [1.82, 2.24) is 10.2 Å². The molecule has 0 aromatic carbocycles. The van der Waals surface area contributed by atoms with Gasteiger partial charge in [0.2, 0.25) is 5.91 Å². The summed E-state index contributed by atoms with van der Waals surface area (Å²) < 4.78 is 0. The van der Waals surface area contributed by atoms with Crippen molar-refractivity contribution in [2.24, 2.45) is 5.73 Å². The van der Waals surface area contributed by atoms with Gasteiger partial charge in [-0.15, -0.1) is 0 Å². The lowest BCUT2D eigenvalue weighted by molar-refractivity contribution is -0.122. The zero-order chi connectivity index (χ0) is 13.3. The van der Waals surface area contributed by atoms with Crippen LogP contribution in [0.25, 0.3) is 0 Å². The molecule has 0 aliphatic rings. The number of hydrogen-bond donors (Lipinski definition) is 2. The van der Waals surface area contributed by atoms with E-state index in [0.29, 0.717) is 12.6 Å². The molecule has 3 N–H and O–H groups in total. The summed E-state index contributed by atoms with van der Waals surface area (Å²) in [4.78, 5) is 13.8. The summed E-state index contributed by atoms with van der Waals surface area (Å²) in [6.45, 7) is 6.04. The molecule has 1 atom stereocenters. The molecule has 0 unspecified atom stereocenters. The van der Waals surface area contributed by atoms with E-state index in [2.05, 4.69) is 31.1 Å². The Labute approximate surface area is 110 Å². The number of thioether (sulfide) groups is 1. The molecule has 0 spiro atoms. The Morgan fingerprint density at radius 3 is 2.65 bits per heavy atom. The van der Waals surface area contributed by atoms with E-state index >= 15 is 0 Å². The van der Waals surface area contributed by atoms with Crippen molar-refractivity contribution in [1.29, 1.82) is 0 Å². The molecule has 0 rings (SSSR count). The fraction of sp³-hybridized carbons (Fsp3) is 0.917. The van der Waals surface area contributed by atoms with Crippen molar-refractivity contribution in [3.63, 3.8) is 0 Å². The van der Waals surface area contributed by atoms with E-state index in [1.807, 2.05) is 6.26 Å². The summed E-state index contributed by atoms with van der Waals surface area (Å²) in [5.74, 6) is 0.913. The van der Waals surface area contributed by atoms with Crippen molar-refractivity contribution in [2.45, 2.75) is 38.8 Å². The average Bonchev–Trinajstić information content (AvgIpc) is 2.30. The van der Waals surface area contributed by atoms with Crippen LogP contribution in [0.3, 0.4) is 0 Å². The van der Waals surface area contributed by atoms with E-state index < -0.39 is 0 Å². The molecule has 0 bridgehead atoms. The van der Waals surface area contributed by atoms with Crippen LogP contribution < -0.4 is 11.1 Å². The van der Waals surface area contributed by atoms with Crippen molar-refractivity contribution >= 4 is 17.7 Å². The molecule has 1 amide bonds. The van der Waals surface area contributed by atoms with Crippen LogP contribution in [0, 0.1) is 0 Å². The van der Waals surface area contributed by atoms with Crippen molar-refractivity contribution < 1.29 is 4.79 Å². The van der Waals surface area contributed by atoms with Crippen LogP contribution in [0.4, 0.5) is 0 Å². The first-order valence-electron chi connectivity index (χ1n) is 6.21. The summed E-state index contributed by atoms with van der Waals surface area (Å²) in [5, 5.41) is 2.89. The van der Waals surface area contributed by atoms with Gasteiger partial charge in [-0.25, -0.2) is 0 Å². The highest BCUT2D eigenvalue weighted by molar-refractivity contribution is 7.98. The third-order valence-electron chi connectivity index (χ3n) is 2.84. The Morgan fingerprint density at radius 2 is 2.12 bits per heavy atom. The first-order chi connectivity index (χ1) is 7.99. The van der Waals surface area contributed by atoms with Gasteiger partial charge in [0.15, 0.2) is 0 Å². The molecule has 0 aromatic heterocycles. The molecule has 102 valence electrons. The summed E-state index contributed by atoms with van der Waals surface area (Å²) >= 11 is 1.72. The Hall–Kier alpha value is -0.260. The normalized spacial score (nSPS) is 13.1. The maximum Gasteiger partial charge on any atom is 0.236 e. The predicted molar refractivity (Wildman–Crippen MR) is 76.4 cm³/mol. The number of hydrogen-bond acceptors (Lipinski definition) is 4. The van der Waals surface area contributed by atoms with Crippen LogP contribution in [0.15, 0.2) is 0 Å². The van der Waals surface area contributed by atoms with Crippen molar-refractivity contribution in [3.05, 3.63) is 0 Å². The maximum absolute atomic E-state index is 11.6. The van der Waals surface area contributed by atoms with E-state index in [-0.39, 0.29) is 11.9 Å². The molecule has 0 aliphatic carbocycles. The molecule has 0 fully saturated rings. The minimum absolute atomic E-state index is 0.0220. The largest absolute Gasteiger partial charge is 0.355 e. The van der Waals surface area contributed by atoms with Gasteiger partial charge in [0.25, 0.3) is 0 Å². The molecule has 0 saturated heterocycles. The molecular formula is C12H27N3OS. The van der Waals surface area contributed by atoms with E-state index in [1.54, 1.807) is 11.8 Å². The minimum Gasteiger partial charge on any atom is -0.355 e. The maximum atomic E-state index is 11.6. The van der Waals surface area contributed by atoms with Gasteiger partial charge >= 0.3 is 0 Å². The van der Waals surface area contributed by atoms with Gasteiger partial charge in [0, 0.05) is 12.6 Å². The molecule has 17 heavy (non-hydrogen) atoms. The van der Waals surface area contributed by atoms with Gasteiger partial charge < -0.3 is 16.0 Å². The highest BCUT2D eigenvalue weighted by Gasteiger charge is 2.11. The summed E-state index contributed by atoms with van der Waals surface area (Å²) in [6, 6.07) is 0.194. The topological polar surface area (TPSA) is 58.4 Å². The summed E-state index contributed by atoms with van der Waals surface area (Å²) in [6.07, 6.45) is 3.74. The number of nitrogens with one attached hydrogen (secondary N) is 1. The number of nitrogens with zero attached hydrogens (tertiary/aromatic N) is 1. The second-order valence-corrected chi connectivity index (χ2v) is 5.59. The second kappa shape index (κ2) is 9.74. The quantitative estimate of drug-likeness (QED) is 0.606. The molecule has 0 aromatic rings. The highest BCUT2D eigenvalue weighted by atomic mass is 32.2.